The van der Waals surface area contributed by atoms with Gasteiger partial charge in [0, 0.05) is 23.7 Å². The Bertz CT molecular complexity index is 732. The largest absolute Gasteiger partial charge is 0.356 e. The first kappa shape index (κ1) is 12.2. The van der Waals surface area contributed by atoms with Gasteiger partial charge in [-0.3, -0.25) is 0 Å². The molecule has 7 nitrogen and oxygen atoms in total. The molecule has 1 aliphatic carbocycles. The molecule has 2 heterocycles. The molecule has 3 aromatic rings. The van der Waals surface area contributed by atoms with Crippen molar-refractivity contribution in [3.05, 3.63) is 42.4 Å². The maximum atomic E-state index is 5.42. The quantitative estimate of drug-likeness (QED) is 0.765. The molecule has 1 aromatic carbocycles. The lowest BCUT2D eigenvalue weighted by Gasteiger charge is -2.05. The molecular weight excluding hydrogens is 268 g/mol. The zero-order valence-corrected chi connectivity index (χ0v) is 11.3. The third-order valence-electron chi connectivity index (χ3n) is 3.52. The molecule has 1 aliphatic rings. The van der Waals surface area contributed by atoms with Crippen LogP contribution in [0, 0.1) is 0 Å². The minimum atomic E-state index is 0.653. The summed E-state index contributed by atoms with van der Waals surface area (Å²) in [7, 11) is 0. The minimum absolute atomic E-state index is 0.653. The number of nitrogens with zero attached hydrogens (tertiary/aromatic N) is 5. The molecule has 0 unspecified atom stereocenters. The van der Waals surface area contributed by atoms with Crippen LogP contribution in [0.2, 0.25) is 0 Å². The Hall–Kier alpha value is -2.54. The van der Waals surface area contributed by atoms with Crippen molar-refractivity contribution in [1.82, 2.24) is 30.7 Å². The van der Waals surface area contributed by atoms with Gasteiger partial charge in [0.2, 0.25) is 0 Å². The summed E-state index contributed by atoms with van der Waals surface area (Å²) in [6.07, 6.45) is 5.86. The van der Waals surface area contributed by atoms with E-state index in [0.717, 1.165) is 29.1 Å². The number of aromatic nitrogens is 5. The highest BCUT2D eigenvalue weighted by atomic mass is 16.5. The van der Waals surface area contributed by atoms with E-state index in [1.807, 2.05) is 24.3 Å². The highest BCUT2D eigenvalue weighted by Gasteiger charge is 2.21. The van der Waals surface area contributed by atoms with E-state index >= 15 is 0 Å². The van der Waals surface area contributed by atoms with Gasteiger partial charge in [0.1, 0.15) is 6.33 Å². The predicted octanol–water partition coefficient (Wildman–Crippen LogP) is 1.57. The summed E-state index contributed by atoms with van der Waals surface area (Å²) in [6, 6.07) is 8.53. The molecule has 4 rings (SSSR count). The Balaban J connectivity index is 1.63. The van der Waals surface area contributed by atoms with Crippen LogP contribution in [0.3, 0.4) is 0 Å². The second kappa shape index (κ2) is 5.10. The molecule has 0 radical (unpaired) electrons. The van der Waals surface area contributed by atoms with Crippen molar-refractivity contribution in [2.24, 2.45) is 0 Å². The smallest absolute Gasteiger partial charge is 0.171 e. The fraction of sp³-hybridized carbons (Fsp3) is 0.286. The summed E-state index contributed by atoms with van der Waals surface area (Å²) in [5, 5.41) is 18.6. The molecule has 2 aromatic heterocycles. The van der Waals surface area contributed by atoms with Crippen LogP contribution >= 0.6 is 0 Å². The number of nitrogens with one attached hydrogen (secondary N) is 1. The molecule has 0 spiro atoms. The molecule has 0 atom stereocenters. The predicted molar refractivity (Wildman–Crippen MR) is 74.5 cm³/mol. The third-order valence-corrected chi connectivity index (χ3v) is 3.52. The zero-order valence-electron chi connectivity index (χ0n) is 11.3. The van der Waals surface area contributed by atoms with Crippen LogP contribution in [-0.4, -0.2) is 31.4 Å². The molecule has 21 heavy (non-hydrogen) atoms. The van der Waals surface area contributed by atoms with Gasteiger partial charge < -0.3 is 9.84 Å². The first-order chi connectivity index (χ1) is 10.4. The van der Waals surface area contributed by atoms with Crippen molar-refractivity contribution in [2.75, 3.05) is 0 Å². The molecule has 106 valence electrons. The molecule has 1 fully saturated rings. The first-order valence-electron chi connectivity index (χ1n) is 6.91. The van der Waals surface area contributed by atoms with Crippen molar-refractivity contribution in [1.29, 1.82) is 0 Å². The number of rotatable bonds is 5. The zero-order chi connectivity index (χ0) is 14.1. The van der Waals surface area contributed by atoms with E-state index in [0.29, 0.717) is 6.04 Å². The highest BCUT2D eigenvalue weighted by molar-refractivity contribution is 5.63. The molecule has 7 heteroatoms. The van der Waals surface area contributed by atoms with Crippen LogP contribution < -0.4 is 5.32 Å². The Labute approximate surface area is 120 Å². The van der Waals surface area contributed by atoms with Crippen LogP contribution in [0.4, 0.5) is 0 Å². The van der Waals surface area contributed by atoms with Crippen molar-refractivity contribution >= 4 is 0 Å². The van der Waals surface area contributed by atoms with E-state index in [1.54, 1.807) is 17.2 Å². The Kier molecular flexibility index (Phi) is 2.97. The monoisotopic (exact) mass is 282 g/mol. The fourth-order valence-electron chi connectivity index (χ4n) is 2.23. The van der Waals surface area contributed by atoms with Gasteiger partial charge in [-0.05, 0) is 35.4 Å². The van der Waals surface area contributed by atoms with Crippen molar-refractivity contribution in [3.63, 3.8) is 0 Å². The lowest BCUT2D eigenvalue weighted by Crippen LogP contribution is -2.15. The SMILES string of the molecule is c1cc(-c2oncc2CNC2CC2)cc(-n2cnnn2)c1. The average Bonchev–Trinajstić information content (AvgIpc) is 3.03. The van der Waals surface area contributed by atoms with Gasteiger partial charge in [-0.15, -0.1) is 5.10 Å². The fourth-order valence-corrected chi connectivity index (χ4v) is 2.23. The maximum Gasteiger partial charge on any atom is 0.171 e. The lowest BCUT2D eigenvalue weighted by atomic mass is 10.1. The molecule has 0 bridgehead atoms. The summed E-state index contributed by atoms with van der Waals surface area (Å²) in [5.74, 6) is 0.790. The van der Waals surface area contributed by atoms with Crippen LogP contribution in [-0.2, 0) is 6.54 Å². The summed E-state index contributed by atoms with van der Waals surface area (Å²) in [4.78, 5) is 0. The molecule has 0 saturated heterocycles. The van der Waals surface area contributed by atoms with E-state index in [-0.39, 0.29) is 0 Å². The minimum Gasteiger partial charge on any atom is -0.356 e. The van der Waals surface area contributed by atoms with Gasteiger partial charge in [0.25, 0.3) is 0 Å². The Morgan fingerprint density at radius 3 is 3.10 bits per heavy atom. The van der Waals surface area contributed by atoms with Gasteiger partial charge in [0.15, 0.2) is 5.76 Å². The summed E-state index contributed by atoms with van der Waals surface area (Å²) in [6.45, 7) is 0.776. The van der Waals surface area contributed by atoms with Gasteiger partial charge in [-0.25, -0.2) is 4.68 Å². The van der Waals surface area contributed by atoms with Crippen molar-refractivity contribution < 1.29 is 4.52 Å². The maximum absolute atomic E-state index is 5.42. The first-order valence-corrected chi connectivity index (χ1v) is 6.91. The van der Waals surface area contributed by atoms with Crippen LogP contribution in [0.25, 0.3) is 17.0 Å². The number of hydrogen-bond acceptors (Lipinski definition) is 6. The lowest BCUT2D eigenvalue weighted by molar-refractivity contribution is 0.431. The Morgan fingerprint density at radius 1 is 1.33 bits per heavy atom. The molecule has 0 amide bonds. The van der Waals surface area contributed by atoms with Gasteiger partial charge in [0.05, 0.1) is 11.9 Å². The molecule has 1 saturated carbocycles. The number of benzene rings is 1. The number of tetrazole rings is 1. The molecular formula is C14H14N6O. The van der Waals surface area contributed by atoms with Gasteiger partial charge in [-0.2, -0.15) is 0 Å². The second-order valence-electron chi connectivity index (χ2n) is 5.14. The van der Waals surface area contributed by atoms with E-state index in [9.17, 15) is 0 Å². The third kappa shape index (κ3) is 2.55. The average molecular weight is 282 g/mol. The van der Waals surface area contributed by atoms with Crippen LogP contribution in [0.1, 0.15) is 18.4 Å². The molecule has 1 N–H and O–H groups in total. The second-order valence-corrected chi connectivity index (χ2v) is 5.14. The van der Waals surface area contributed by atoms with Gasteiger partial charge >= 0.3 is 0 Å². The Morgan fingerprint density at radius 2 is 2.29 bits per heavy atom. The van der Waals surface area contributed by atoms with Crippen LogP contribution in [0.5, 0.6) is 0 Å². The van der Waals surface area contributed by atoms with E-state index in [1.165, 1.54) is 12.8 Å². The van der Waals surface area contributed by atoms with E-state index in [4.69, 9.17) is 4.52 Å². The summed E-state index contributed by atoms with van der Waals surface area (Å²) >= 11 is 0. The van der Waals surface area contributed by atoms with Crippen LogP contribution in [0.15, 0.2) is 41.3 Å². The normalized spacial score (nSPS) is 14.5. The van der Waals surface area contributed by atoms with E-state index in [2.05, 4.69) is 26.0 Å². The van der Waals surface area contributed by atoms with Gasteiger partial charge in [-0.1, -0.05) is 17.3 Å². The highest BCUT2D eigenvalue weighted by Crippen LogP contribution is 2.26. The van der Waals surface area contributed by atoms with E-state index < -0.39 is 0 Å². The number of hydrogen-bond donors (Lipinski definition) is 1. The standard InChI is InChI=1S/C14H14N6O/c1-2-10(6-13(3-1)20-9-16-18-19-20)14-11(8-17-21-14)7-15-12-4-5-12/h1-3,6,8-9,12,15H,4-5,7H2. The topological polar surface area (TPSA) is 81.7 Å². The summed E-state index contributed by atoms with van der Waals surface area (Å²) < 4.78 is 7.04. The van der Waals surface area contributed by atoms with Crippen molar-refractivity contribution in [2.45, 2.75) is 25.4 Å². The molecule has 0 aliphatic heterocycles. The summed E-state index contributed by atoms with van der Waals surface area (Å²) in [5.41, 5.74) is 2.92. The van der Waals surface area contributed by atoms with Crippen molar-refractivity contribution in [3.8, 4) is 17.0 Å².